The molecular formula is C29H41N5O4. The van der Waals surface area contributed by atoms with E-state index in [1.54, 1.807) is 6.07 Å². The van der Waals surface area contributed by atoms with Gasteiger partial charge in [-0.3, -0.25) is 19.9 Å². The number of para-hydroxylation sites is 2. The molecule has 2 fully saturated rings. The standard InChI is InChI=1S/C29H41N5O4/c1-3-33-14-8-11-25(33)22-30-28(35)23-9-7-10-24(21-23)34-17-15-32(16-18-34)19-20-38-29(36)31-26-12-5-6-13-27(26)37-4-2/h5-7,9-10,12-13,21,25H,3-4,8,11,14-20,22H2,1-2H3,(H,30,35)(H,31,36). The second-order valence-electron chi connectivity index (χ2n) is 9.70. The Balaban J connectivity index is 1.18. The fraction of sp³-hybridized carbons (Fsp3) is 0.517. The molecule has 2 aliphatic heterocycles. The third-order valence-electron chi connectivity index (χ3n) is 7.31. The van der Waals surface area contributed by atoms with Crippen molar-refractivity contribution in [3.8, 4) is 5.75 Å². The molecule has 9 nitrogen and oxygen atoms in total. The molecule has 206 valence electrons. The Morgan fingerprint density at radius 2 is 1.82 bits per heavy atom. The van der Waals surface area contributed by atoms with Crippen molar-refractivity contribution < 1.29 is 19.1 Å². The number of nitrogens with zero attached hydrogens (tertiary/aromatic N) is 3. The van der Waals surface area contributed by atoms with E-state index in [4.69, 9.17) is 9.47 Å². The Kier molecular flexibility index (Phi) is 10.2. The fourth-order valence-corrected chi connectivity index (χ4v) is 5.19. The minimum Gasteiger partial charge on any atom is -0.492 e. The summed E-state index contributed by atoms with van der Waals surface area (Å²) in [5.74, 6) is 0.620. The second-order valence-corrected chi connectivity index (χ2v) is 9.70. The van der Waals surface area contributed by atoms with Crippen molar-refractivity contribution >= 4 is 23.4 Å². The number of carbonyl (C=O) groups is 2. The van der Waals surface area contributed by atoms with Gasteiger partial charge in [-0.1, -0.05) is 25.1 Å². The summed E-state index contributed by atoms with van der Waals surface area (Å²) in [7, 11) is 0. The van der Waals surface area contributed by atoms with Crippen LogP contribution < -0.4 is 20.3 Å². The molecule has 9 heteroatoms. The molecule has 0 saturated carbocycles. The summed E-state index contributed by atoms with van der Waals surface area (Å²) in [6, 6.07) is 15.7. The molecule has 2 aromatic carbocycles. The lowest BCUT2D eigenvalue weighted by Gasteiger charge is -2.36. The molecular weight excluding hydrogens is 482 g/mol. The Bertz CT molecular complexity index is 1060. The maximum absolute atomic E-state index is 12.8. The van der Waals surface area contributed by atoms with Crippen molar-refractivity contribution in [3.63, 3.8) is 0 Å². The molecule has 0 bridgehead atoms. The Morgan fingerprint density at radius 3 is 2.61 bits per heavy atom. The Labute approximate surface area is 226 Å². The van der Waals surface area contributed by atoms with Crippen LogP contribution in [0.3, 0.4) is 0 Å². The van der Waals surface area contributed by atoms with Gasteiger partial charge in [-0.15, -0.1) is 0 Å². The zero-order valence-corrected chi connectivity index (χ0v) is 22.7. The van der Waals surface area contributed by atoms with Crippen LogP contribution in [0.4, 0.5) is 16.2 Å². The summed E-state index contributed by atoms with van der Waals surface area (Å²) in [6.45, 7) is 11.9. The maximum Gasteiger partial charge on any atom is 0.411 e. The van der Waals surface area contributed by atoms with E-state index in [0.717, 1.165) is 51.4 Å². The highest BCUT2D eigenvalue weighted by atomic mass is 16.5. The second kappa shape index (κ2) is 14.0. The van der Waals surface area contributed by atoms with Crippen LogP contribution in [0.5, 0.6) is 5.75 Å². The SMILES string of the molecule is CCOc1ccccc1NC(=O)OCCN1CCN(c2cccc(C(=O)NCC3CCCN3CC)c2)CC1. The molecule has 0 aliphatic carbocycles. The molecule has 0 aromatic heterocycles. The average Bonchev–Trinajstić information content (AvgIpc) is 3.41. The van der Waals surface area contributed by atoms with E-state index in [-0.39, 0.29) is 5.91 Å². The van der Waals surface area contributed by atoms with Gasteiger partial charge in [0.05, 0.1) is 12.3 Å². The molecule has 2 amide bonds. The predicted molar refractivity (Wildman–Crippen MR) is 150 cm³/mol. The summed E-state index contributed by atoms with van der Waals surface area (Å²) < 4.78 is 10.9. The quantitative estimate of drug-likeness (QED) is 0.465. The first-order valence-electron chi connectivity index (χ1n) is 13.8. The van der Waals surface area contributed by atoms with Gasteiger partial charge >= 0.3 is 6.09 Å². The number of piperazine rings is 1. The first-order chi connectivity index (χ1) is 18.6. The number of ether oxygens (including phenoxy) is 2. The lowest BCUT2D eigenvalue weighted by atomic mass is 10.1. The smallest absolute Gasteiger partial charge is 0.411 e. The van der Waals surface area contributed by atoms with Crippen molar-refractivity contribution in [2.75, 3.05) is 75.8 Å². The van der Waals surface area contributed by atoms with Gasteiger partial charge in [-0.2, -0.15) is 0 Å². The van der Waals surface area contributed by atoms with Gasteiger partial charge in [-0.25, -0.2) is 4.79 Å². The lowest BCUT2D eigenvalue weighted by molar-refractivity contribution is 0.0941. The molecule has 38 heavy (non-hydrogen) atoms. The highest BCUT2D eigenvalue weighted by Gasteiger charge is 2.24. The highest BCUT2D eigenvalue weighted by molar-refractivity contribution is 5.95. The van der Waals surface area contributed by atoms with Gasteiger partial charge in [0.2, 0.25) is 0 Å². The number of amides is 2. The van der Waals surface area contributed by atoms with Crippen molar-refractivity contribution in [3.05, 3.63) is 54.1 Å². The fourth-order valence-electron chi connectivity index (χ4n) is 5.19. The number of rotatable bonds is 11. The van der Waals surface area contributed by atoms with E-state index in [9.17, 15) is 9.59 Å². The number of benzene rings is 2. The largest absolute Gasteiger partial charge is 0.492 e. The average molecular weight is 524 g/mol. The third kappa shape index (κ3) is 7.61. The summed E-state index contributed by atoms with van der Waals surface area (Å²) in [5, 5.41) is 5.90. The first-order valence-corrected chi connectivity index (χ1v) is 13.8. The molecule has 2 N–H and O–H groups in total. The summed E-state index contributed by atoms with van der Waals surface area (Å²) in [4.78, 5) is 32.1. The lowest BCUT2D eigenvalue weighted by Crippen LogP contribution is -2.47. The van der Waals surface area contributed by atoms with Crippen LogP contribution in [0.25, 0.3) is 0 Å². The summed E-state index contributed by atoms with van der Waals surface area (Å²) in [6.07, 6.45) is 1.87. The van der Waals surface area contributed by atoms with Gasteiger partial charge in [0.25, 0.3) is 5.91 Å². The number of carbonyl (C=O) groups excluding carboxylic acids is 2. The molecule has 2 aliphatic rings. The van der Waals surface area contributed by atoms with Crippen LogP contribution in [-0.2, 0) is 4.74 Å². The van der Waals surface area contributed by atoms with Gasteiger partial charge in [0.1, 0.15) is 12.4 Å². The van der Waals surface area contributed by atoms with Crippen molar-refractivity contribution in [2.45, 2.75) is 32.7 Å². The Hall–Kier alpha value is -3.30. The molecule has 1 atom stereocenters. The molecule has 0 radical (unpaired) electrons. The van der Waals surface area contributed by atoms with E-state index < -0.39 is 6.09 Å². The zero-order chi connectivity index (χ0) is 26.7. The van der Waals surface area contributed by atoms with Crippen LogP contribution in [0.2, 0.25) is 0 Å². The van der Waals surface area contributed by atoms with Crippen LogP contribution in [-0.4, -0.2) is 93.4 Å². The van der Waals surface area contributed by atoms with Gasteiger partial charge in [0, 0.05) is 56.6 Å². The third-order valence-corrected chi connectivity index (χ3v) is 7.31. The van der Waals surface area contributed by atoms with E-state index >= 15 is 0 Å². The van der Waals surface area contributed by atoms with Gasteiger partial charge < -0.3 is 19.7 Å². The number of likely N-dealkylation sites (N-methyl/N-ethyl adjacent to an activating group) is 1. The van der Waals surface area contributed by atoms with Crippen molar-refractivity contribution in [2.24, 2.45) is 0 Å². The number of hydrogen-bond donors (Lipinski definition) is 2. The van der Waals surface area contributed by atoms with E-state index in [2.05, 4.69) is 38.3 Å². The van der Waals surface area contributed by atoms with Crippen LogP contribution in [0.1, 0.15) is 37.0 Å². The monoisotopic (exact) mass is 523 g/mol. The van der Waals surface area contributed by atoms with Crippen LogP contribution in [0.15, 0.2) is 48.5 Å². The number of anilines is 2. The molecule has 4 rings (SSSR count). The summed E-state index contributed by atoms with van der Waals surface area (Å²) in [5.41, 5.74) is 2.37. The normalized spacial score (nSPS) is 18.3. The Morgan fingerprint density at radius 1 is 1.00 bits per heavy atom. The first kappa shape index (κ1) is 27.7. The van der Waals surface area contributed by atoms with E-state index in [1.807, 2.05) is 43.3 Å². The predicted octanol–water partition coefficient (Wildman–Crippen LogP) is 3.67. The topological polar surface area (TPSA) is 86.4 Å². The minimum absolute atomic E-state index is 0.00672. The van der Waals surface area contributed by atoms with Gasteiger partial charge in [-0.05, 0) is 63.2 Å². The van der Waals surface area contributed by atoms with E-state index in [1.165, 1.54) is 6.42 Å². The summed E-state index contributed by atoms with van der Waals surface area (Å²) >= 11 is 0. The van der Waals surface area contributed by atoms with Gasteiger partial charge in [0.15, 0.2) is 0 Å². The molecule has 2 heterocycles. The van der Waals surface area contributed by atoms with E-state index in [0.29, 0.717) is 49.3 Å². The minimum atomic E-state index is -0.485. The maximum atomic E-state index is 12.8. The number of likely N-dealkylation sites (tertiary alicyclic amines) is 1. The highest BCUT2D eigenvalue weighted by Crippen LogP contribution is 2.24. The molecule has 2 aromatic rings. The molecule has 0 spiro atoms. The zero-order valence-electron chi connectivity index (χ0n) is 22.7. The molecule has 1 unspecified atom stereocenters. The molecule has 2 saturated heterocycles. The number of hydrogen-bond acceptors (Lipinski definition) is 7. The van der Waals surface area contributed by atoms with Crippen molar-refractivity contribution in [1.82, 2.24) is 15.1 Å². The van der Waals surface area contributed by atoms with Crippen molar-refractivity contribution in [1.29, 1.82) is 0 Å². The van der Waals surface area contributed by atoms with Crippen LogP contribution >= 0.6 is 0 Å². The van der Waals surface area contributed by atoms with Crippen LogP contribution in [0, 0.1) is 0 Å². The number of nitrogens with one attached hydrogen (secondary N) is 2.